The summed E-state index contributed by atoms with van der Waals surface area (Å²) in [7, 11) is -0.765. The van der Waals surface area contributed by atoms with Gasteiger partial charge in [0.2, 0.25) is 5.43 Å². The second kappa shape index (κ2) is 10.2. The van der Waals surface area contributed by atoms with Crippen LogP contribution in [0.5, 0.6) is 0 Å². The number of aromatic amines is 1. The fourth-order valence-electron chi connectivity index (χ4n) is 3.84. The van der Waals surface area contributed by atoms with Gasteiger partial charge in [0, 0.05) is 23.6 Å². The van der Waals surface area contributed by atoms with E-state index in [1.165, 1.54) is 6.20 Å². The van der Waals surface area contributed by atoms with Crippen LogP contribution in [0.1, 0.15) is 49.2 Å². The van der Waals surface area contributed by atoms with Gasteiger partial charge in [-0.3, -0.25) is 4.79 Å². The molecular weight excluding hydrogens is 475 g/mol. The van der Waals surface area contributed by atoms with Crippen molar-refractivity contribution in [1.82, 2.24) is 10.3 Å². The van der Waals surface area contributed by atoms with Crippen molar-refractivity contribution < 1.29 is 28.7 Å². The number of H-pyrrole nitrogens is 1. The van der Waals surface area contributed by atoms with Gasteiger partial charge in [-0.15, -0.1) is 0 Å². The van der Waals surface area contributed by atoms with Crippen LogP contribution >= 0.6 is 0 Å². The lowest BCUT2D eigenvalue weighted by Gasteiger charge is -2.32. The summed E-state index contributed by atoms with van der Waals surface area (Å²) in [5.41, 5.74) is 0.431. The molecule has 0 unspecified atom stereocenters. The Hall–Kier alpha value is -3.89. The summed E-state index contributed by atoms with van der Waals surface area (Å²) in [6.07, 6.45) is 2.34. The number of hydrogen-bond acceptors (Lipinski definition) is 6. The summed E-state index contributed by atoms with van der Waals surface area (Å²) in [5.74, 6) is -1.31. The Kier molecular flexibility index (Phi) is 7.24. The van der Waals surface area contributed by atoms with Crippen molar-refractivity contribution in [3.05, 3.63) is 87.1 Å². The average Bonchev–Trinajstić information content (AvgIpc) is 3.07. The predicted octanol–water partition coefficient (Wildman–Crippen LogP) is 4.17. The summed E-state index contributed by atoms with van der Waals surface area (Å²) in [6.45, 7) is 7.89. The summed E-state index contributed by atoms with van der Waals surface area (Å²) in [6, 6.07) is 14.4. The van der Waals surface area contributed by atoms with Crippen LogP contribution in [0.15, 0.2) is 65.0 Å². The molecule has 9 nitrogen and oxygen atoms in total. The van der Waals surface area contributed by atoms with Gasteiger partial charge in [0.05, 0.1) is 11.2 Å². The number of nitrogens with one attached hydrogen (secondary N) is 2. The number of benzene rings is 2. The van der Waals surface area contributed by atoms with Gasteiger partial charge < -0.3 is 29.5 Å². The van der Waals surface area contributed by atoms with E-state index in [4.69, 9.17) is 14.0 Å². The molecule has 4 rings (SSSR count). The first-order chi connectivity index (χ1) is 17.5. The molecule has 10 heteroatoms. The maximum absolute atomic E-state index is 12.7. The maximum atomic E-state index is 12.7. The number of aromatic carboxylic acids is 1. The van der Waals surface area contributed by atoms with Gasteiger partial charge in [-0.1, -0.05) is 42.5 Å². The lowest BCUT2D eigenvalue weighted by molar-refractivity contribution is 0.00578. The number of carboxylic acids is 1. The fraction of sp³-hybridized carbons (Fsp3) is 0.296. The zero-order valence-electron chi connectivity index (χ0n) is 21.2. The molecule has 0 saturated carbocycles. The third-order valence-electron chi connectivity index (χ3n) is 6.69. The lowest BCUT2D eigenvalue weighted by atomic mass is 9.77. The molecule has 1 aromatic heterocycles. The Morgan fingerprint density at radius 2 is 1.76 bits per heavy atom. The second-order valence-corrected chi connectivity index (χ2v) is 9.86. The zero-order chi connectivity index (χ0) is 26.8. The molecule has 2 aromatic carbocycles. The van der Waals surface area contributed by atoms with Crippen molar-refractivity contribution in [2.24, 2.45) is 0 Å². The van der Waals surface area contributed by atoms with E-state index >= 15 is 0 Å². The molecule has 0 radical (unpaired) electrons. The van der Waals surface area contributed by atoms with Crippen LogP contribution in [0, 0.1) is 0 Å². The number of carbonyl (C=O) groups is 2. The minimum Gasteiger partial charge on any atom is -0.477 e. The van der Waals surface area contributed by atoms with E-state index in [9.17, 15) is 19.5 Å². The molecule has 192 valence electrons. The van der Waals surface area contributed by atoms with Crippen LogP contribution in [-0.2, 0) is 20.7 Å². The molecule has 1 saturated heterocycles. The number of rotatable bonds is 7. The molecule has 1 amide bonds. The van der Waals surface area contributed by atoms with Crippen LogP contribution in [0.3, 0.4) is 0 Å². The maximum Gasteiger partial charge on any atom is 0.492 e. The Balaban J connectivity index is 1.61. The van der Waals surface area contributed by atoms with E-state index in [2.05, 4.69) is 10.3 Å². The van der Waals surface area contributed by atoms with E-state index in [1.54, 1.807) is 24.3 Å². The average molecular weight is 504 g/mol. The normalized spacial score (nSPS) is 16.5. The quantitative estimate of drug-likeness (QED) is 0.412. The molecular formula is C27H29BN2O7. The highest BCUT2D eigenvalue weighted by Gasteiger charge is 2.52. The topological polar surface area (TPSA) is 127 Å². The monoisotopic (exact) mass is 504 g/mol. The summed E-state index contributed by atoms with van der Waals surface area (Å²) in [4.78, 5) is 39.4. The first kappa shape index (κ1) is 26.2. The van der Waals surface area contributed by atoms with Crippen molar-refractivity contribution in [1.29, 1.82) is 0 Å². The van der Waals surface area contributed by atoms with Gasteiger partial charge in [0.1, 0.15) is 12.2 Å². The number of fused-ring (bicyclic) bond motifs is 1. The fourth-order valence-corrected chi connectivity index (χ4v) is 3.84. The van der Waals surface area contributed by atoms with Crippen LogP contribution in [-0.4, -0.2) is 47.0 Å². The predicted molar refractivity (Wildman–Crippen MR) is 140 cm³/mol. The third kappa shape index (κ3) is 5.76. The number of amides is 1. The minimum absolute atomic E-state index is 0.0635. The molecule has 0 aliphatic carbocycles. The van der Waals surface area contributed by atoms with Crippen molar-refractivity contribution in [2.75, 3.05) is 6.54 Å². The smallest absolute Gasteiger partial charge is 0.477 e. The van der Waals surface area contributed by atoms with E-state index in [1.807, 2.05) is 58.0 Å². The molecule has 1 aliphatic heterocycles. The van der Waals surface area contributed by atoms with Crippen molar-refractivity contribution in [2.45, 2.75) is 45.5 Å². The number of ether oxygens (including phenoxy) is 1. The SMILES string of the molecule is CC1(C)OB(C(=Cc2ccc3[nH]cc(C(=O)O)c(=O)c3c2)CNC(=O)OCc2ccccc2)OC1(C)C. The highest BCUT2D eigenvalue weighted by molar-refractivity contribution is 6.56. The van der Waals surface area contributed by atoms with Gasteiger partial charge in [-0.2, -0.15) is 0 Å². The Morgan fingerprint density at radius 3 is 2.41 bits per heavy atom. The highest BCUT2D eigenvalue weighted by atomic mass is 16.7. The first-order valence-electron chi connectivity index (χ1n) is 11.9. The summed E-state index contributed by atoms with van der Waals surface area (Å²) < 4.78 is 17.7. The largest absolute Gasteiger partial charge is 0.492 e. The van der Waals surface area contributed by atoms with Gasteiger partial charge in [0.25, 0.3) is 0 Å². The molecule has 0 bridgehead atoms. The number of carbonyl (C=O) groups excluding carboxylic acids is 1. The summed E-state index contributed by atoms with van der Waals surface area (Å²) >= 11 is 0. The van der Waals surface area contributed by atoms with E-state index in [0.717, 1.165) is 5.56 Å². The minimum atomic E-state index is -1.31. The number of hydrogen-bond donors (Lipinski definition) is 3. The van der Waals surface area contributed by atoms with Gasteiger partial charge in [-0.25, -0.2) is 9.59 Å². The molecule has 0 atom stereocenters. The van der Waals surface area contributed by atoms with Crippen molar-refractivity contribution >= 4 is 36.2 Å². The Morgan fingerprint density at radius 1 is 1.08 bits per heavy atom. The van der Waals surface area contributed by atoms with E-state index in [0.29, 0.717) is 16.6 Å². The summed E-state index contributed by atoms with van der Waals surface area (Å²) in [5, 5.41) is 12.3. The molecule has 37 heavy (non-hydrogen) atoms. The Bertz CT molecular complexity index is 1400. The van der Waals surface area contributed by atoms with Gasteiger partial charge in [-0.05, 0) is 56.4 Å². The van der Waals surface area contributed by atoms with Crippen LogP contribution in [0.25, 0.3) is 17.0 Å². The van der Waals surface area contributed by atoms with Gasteiger partial charge in [0.15, 0.2) is 0 Å². The third-order valence-corrected chi connectivity index (χ3v) is 6.69. The molecule has 2 heterocycles. The number of pyridine rings is 1. The van der Waals surface area contributed by atoms with Gasteiger partial charge >= 0.3 is 19.2 Å². The molecule has 0 spiro atoms. The molecule has 1 aliphatic rings. The molecule has 3 aromatic rings. The number of carboxylic acid groups (broad SMARTS) is 1. The highest BCUT2D eigenvalue weighted by Crippen LogP contribution is 2.38. The second-order valence-electron chi connectivity index (χ2n) is 9.86. The van der Waals surface area contributed by atoms with Crippen molar-refractivity contribution in [3.63, 3.8) is 0 Å². The van der Waals surface area contributed by atoms with Crippen molar-refractivity contribution in [3.8, 4) is 0 Å². The first-order valence-corrected chi connectivity index (χ1v) is 11.9. The standard InChI is InChI=1S/C27H29BN2O7/c1-26(2)27(3,4)37-28(36-26)19(14-30-25(34)35-16-17-8-6-5-7-9-17)12-18-10-11-22-20(13-18)23(31)21(15-29-22)24(32)33/h5-13,15H,14,16H2,1-4H3,(H,29,31)(H,30,34)(H,32,33). The zero-order valence-corrected chi connectivity index (χ0v) is 21.2. The van der Waals surface area contributed by atoms with E-state index < -0.39 is 35.8 Å². The van der Waals surface area contributed by atoms with E-state index in [-0.39, 0.29) is 24.1 Å². The number of aromatic nitrogens is 1. The lowest BCUT2D eigenvalue weighted by Crippen LogP contribution is -2.41. The molecule has 1 fully saturated rings. The molecule has 3 N–H and O–H groups in total. The van der Waals surface area contributed by atoms with Crippen LogP contribution < -0.4 is 10.7 Å². The Labute approximate surface area is 214 Å². The van der Waals surface area contributed by atoms with Crippen LogP contribution in [0.2, 0.25) is 0 Å². The van der Waals surface area contributed by atoms with Crippen LogP contribution in [0.4, 0.5) is 4.79 Å². The number of alkyl carbamates (subject to hydrolysis) is 1.